The van der Waals surface area contributed by atoms with E-state index >= 15 is 0 Å². The van der Waals surface area contributed by atoms with Crippen LogP contribution in [0.3, 0.4) is 0 Å². The number of nitrogens with one attached hydrogen (secondary N) is 2. The van der Waals surface area contributed by atoms with Gasteiger partial charge in [0.2, 0.25) is 5.91 Å². The van der Waals surface area contributed by atoms with Gasteiger partial charge in [-0.1, -0.05) is 11.8 Å². The topological polar surface area (TPSA) is 112 Å². The van der Waals surface area contributed by atoms with Crippen molar-refractivity contribution in [2.75, 3.05) is 11.1 Å². The van der Waals surface area contributed by atoms with E-state index in [9.17, 15) is 14.4 Å². The number of hydrogen-bond donors (Lipinski definition) is 3. The van der Waals surface area contributed by atoms with Gasteiger partial charge in [-0.15, -0.1) is 11.3 Å². The zero-order valence-electron chi connectivity index (χ0n) is 13.0. The largest absolute Gasteiger partial charge is 0.478 e. The zero-order valence-corrected chi connectivity index (χ0v) is 14.7. The lowest BCUT2D eigenvalue weighted by molar-refractivity contribution is -0.113. The lowest BCUT2D eigenvalue weighted by Gasteiger charge is -2.05. The number of nitrogens with zero attached hydrogens (tertiary/aromatic N) is 1. The zero-order chi connectivity index (χ0) is 18.0. The Morgan fingerprint density at radius 3 is 2.72 bits per heavy atom. The summed E-state index contributed by atoms with van der Waals surface area (Å²) in [7, 11) is 0. The number of fused-ring (bicyclic) bond motifs is 1. The van der Waals surface area contributed by atoms with E-state index in [4.69, 9.17) is 5.11 Å². The molecule has 0 saturated carbocycles. The summed E-state index contributed by atoms with van der Waals surface area (Å²) in [6.45, 7) is 1.90. The summed E-state index contributed by atoms with van der Waals surface area (Å²) >= 11 is 2.56. The molecule has 25 heavy (non-hydrogen) atoms. The minimum atomic E-state index is -1.03. The summed E-state index contributed by atoms with van der Waals surface area (Å²) < 4.78 is 0. The van der Waals surface area contributed by atoms with Crippen LogP contribution in [0.15, 0.2) is 40.3 Å². The third-order valence-corrected chi connectivity index (χ3v) is 5.08. The molecule has 0 fully saturated rings. The van der Waals surface area contributed by atoms with Gasteiger partial charge < -0.3 is 15.4 Å². The van der Waals surface area contributed by atoms with Crippen molar-refractivity contribution in [3.8, 4) is 0 Å². The Labute approximate surface area is 150 Å². The third-order valence-electron chi connectivity index (χ3n) is 3.26. The quantitative estimate of drug-likeness (QED) is 0.467. The third kappa shape index (κ3) is 4.06. The molecule has 1 aromatic carbocycles. The average molecular weight is 375 g/mol. The highest BCUT2D eigenvalue weighted by atomic mass is 32.2. The van der Waals surface area contributed by atoms with Crippen LogP contribution in [-0.4, -0.2) is 32.7 Å². The number of benzene rings is 1. The maximum absolute atomic E-state index is 12.0. The second-order valence-corrected chi connectivity index (χ2v) is 7.37. The van der Waals surface area contributed by atoms with Gasteiger partial charge in [0.25, 0.3) is 5.56 Å². The number of thioether (sulfide) groups is 1. The summed E-state index contributed by atoms with van der Waals surface area (Å²) in [4.78, 5) is 43.4. The lowest BCUT2D eigenvalue weighted by Crippen LogP contribution is -2.15. The van der Waals surface area contributed by atoms with Crippen LogP contribution in [0.2, 0.25) is 0 Å². The Kier molecular flexibility index (Phi) is 4.86. The predicted octanol–water partition coefficient (Wildman–Crippen LogP) is 2.72. The number of carboxylic acid groups (broad SMARTS) is 1. The maximum Gasteiger partial charge on any atom is 0.335 e. The molecule has 2 heterocycles. The first-order valence-corrected chi connectivity index (χ1v) is 8.99. The van der Waals surface area contributed by atoms with Crippen LogP contribution in [0.4, 0.5) is 5.69 Å². The van der Waals surface area contributed by atoms with Crippen molar-refractivity contribution in [2.45, 2.75) is 12.1 Å². The normalized spacial score (nSPS) is 10.8. The first kappa shape index (κ1) is 17.2. The standard InChI is InChI=1S/C16H13N3O4S2/c1-8-6-11-13(21)18-16(19-14(11)25-8)24-7-12(20)17-10-4-2-9(3-5-10)15(22)23/h2-6H,7H2,1H3,(H,17,20)(H,22,23)(H,18,19,21). The first-order valence-electron chi connectivity index (χ1n) is 7.19. The van der Waals surface area contributed by atoms with Crippen LogP contribution in [0, 0.1) is 6.92 Å². The molecule has 1 amide bonds. The van der Waals surface area contributed by atoms with Gasteiger partial charge in [-0.25, -0.2) is 9.78 Å². The number of amides is 1. The Morgan fingerprint density at radius 2 is 2.04 bits per heavy atom. The van der Waals surface area contributed by atoms with E-state index in [1.165, 1.54) is 35.6 Å². The van der Waals surface area contributed by atoms with E-state index < -0.39 is 5.97 Å². The highest BCUT2D eigenvalue weighted by Gasteiger charge is 2.10. The van der Waals surface area contributed by atoms with Crippen molar-refractivity contribution in [1.29, 1.82) is 0 Å². The number of carbonyl (C=O) groups is 2. The molecule has 3 rings (SSSR count). The van der Waals surface area contributed by atoms with Gasteiger partial charge in [0, 0.05) is 10.6 Å². The molecule has 0 radical (unpaired) electrons. The summed E-state index contributed by atoms with van der Waals surface area (Å²) in [5, 5.41) is 12.4. The van der Waals surface area contributed by atoms with Crippen LogP contribution in [0.1, 0.15) is 15.2 Å². The second-order valence-electron chi connectivity index (χ2n) is 5.17. The predicted molar refractivity (Wildman–Crippen MR) is 97.7 cm³/mol. The van der Waals surface area contributed by atoms with Crippen LogP contribution in [0.25, 0.3) is 10.2 Å². The Bertz CT molecular complexity index is 1010. The number of hydrogen-bond acceptors (Lipinski definition) is 6. The van der Waals surface area contributed by atoms with Gasteiger partial charge in [-0.2, -0.15) is 0 Å². The van der Waals surface area contributed by atoms with E-state index in [-0.39, 0.29) is 22.8 Å². The molecule has 0 spiro atoms. The highest BCUT2D eigenvalue weighted by molar-refractivity contribution is 7.99. The number of aromatic amines is 1. The Hall–Kier alpha value is -2.65. The number of H-pyrrole nitrogens is 1. The fraction of sp³-hybridized carbons (Fsp3) is 0.125. The number of carboxylic acids is 1. The van der Waals surface area contributed by atoms with E-state index in [2.05, 4.69) is 15.3 Å². The molecule has 0 aliphatic heterocycles. The average Bonchev–Trinajstić information content (AvgIpc) is 2.94. The van der Waals surface area contributed by atoms with Crippen molar-refractivity contribution in [3.05, 3.63) is 51.1 Å². The van der Waals surface area contributed by atoms with Crippen molar-refractivity contribution in [2.24, 2.45) is 0 Å². The molecular weight excluding hydrogens is 362 g/mol. The van der Waals surface area contributed by atoms with E-state index in [1.54, 1.807) is 6.07 Å². The van der Waals surface area contributed by atoms with Gasteiger partial charge in [0.1, 0.15) is 4.83 Å². The number of anilines is 1. The molecule has 128 valence electrons. The molecule has 9 heteroatoms. The van der Waals surface area contributed by atoms with Crippen molar-refractivity contribution < 1.29 is 14.7 Å². The van der Waals surface area contributed by atoms with Crippen molar-refractivity contribution in [3.63, 3.8) is 0 Å². The molecular formula is C16H13N3O4S2. The van der Waals surface area contributed by atoms with E-state index in [0.29, 0.717) is 21.1 Å². The lowest BCUT2D eigenvalue weighted by atomic mass is 10.2. The monoisotopic (exact) mass is 375 g/mol. The van der Waals surface area contributed by atoms with E-state index in [1.807, 2.05) is 6.92 Å². The minimum absolute atomic E-state index is 0.0689. The summed E-state index contributed by atoms with van der Waals surface area (Å²) in [5.74, 6) is -1.24. The van der Waals surface area contributed by atoms with Crippen molar-refractivity contribution >= 4 is 50.9 Å². The summed E-state index contributed by atoms with van der Waals surface area (Å²) in [6, 6.07) is 7.65. The molecule has 3 N–H and O–H groups in total. The van der Waals surface area contributed by atoms with Crippen molar-refractivity contribution in [1.82, 2.24) is 9.97 Å². The van der Waals surface area contributed by atoms with Crippen LogP contribution in [-0.2, 0) is 4.79 Å². The van der Waals surface area contributed by atoms with E-state index in [0.717, 1.165) is 16.6 Å². The molecule has 0 aliphatic rings. The number of thiophene rings is 1. The SMILES string of the molecule is Cc1cc2c(=O)[nH]c(SCC(=O)Nc3ccc(C(=O)O)cc3)nc2s1. The van der Waals surface area contributed by atoms with Crippen LogP contribution in [0.5, 0.6) is 0 Å². The molecule has 2 aromatic heterocycles. The number of aromatic carboxylic acids is 1. The number of aryl methyl sites for hydroxylation is 1. The second kappa shape index (κ2) is 7.08. The molecule has 0 bridgehead atoms. The summed E-state index contributed by atoms with van der Waals surface area (Å²) in [6.07, 6.45) is 0. The highest BCUT2D eigenvalue weighted by Crippen LogP contribution is 2.22. The summed E-state index contributed by atoms with van der Waals surface area (Å²) in [5.41, 5.74) is 0.427. The maximum atomic E-state index is 12.0. The van der Waals surface area contributed by atoms with Gasteiger partial charge >= 0.3 is 5.97 Å². The number of carbonyl (C=O) groups excluding carboxylic acids is 1. The minimum Gasteiger partial charge on any atom is -0.478 e. The molecule has 0 aliphatic carbocycles. The molecule has 0 unspecified atom stereocenters. The Balaban J connectivity index is 1.64. The van der Waals surface area contributed by atoms with Gasteiger partial charge in [-0.3, -0.25) is 9.59 Å². The van der Waals surface area contributed by atoms with Gasteiger partial charge in [-0.05, 0) is 37.3 Å². The Morgan fingerprint density at radius 1 is 1.32 bits per heavy atom. The first-order chi connectivity index (χ1) is 11.9. The van der Waals surface area contributed by atoms with Crippen LogP contribution < -0.4 is 10.9 Å². The molecule has 7 nitrogen and oxygen atoms in total. The van der Waals surface area contributed by atoms with Gasteiger partial charge in [0.15, 0.2) is 5.16 Å². The number of aromatic nitrogens is 2. The fourth-order valence-corrected chi connectivity index (χ4v) is 3.73. The van der Waals surface area contributed by atoms with Gasteiger partial charge in [0.05, 0.1) is 16.7 Å². The van der Waals surface area contributed by atoms with Crippen LogP contribution >= 0.6 is 23.1 Å². The molecule has 0 atom stereocenters. The number of rotatable bonds is 5. The smallest absolute Gasteiger partial charge is 0.335 e. The molecule has 0 saturated heterocycles. The fourth-order valence-electron chi connectivity index (χ4n) is 2.13. The molecule has 3 aromatic rings.